The molecule has 10 heteroatoms. The third kappa shape index (κ3) is 5.34. The summed E-state index contributed by atoms with van der Waals surface area (Å²) in [5.41, 5.74) is 0.519. The number of nitrogens with zero attached hydrogens (tertiary/aromatic N) is 6. The summed E-state index contributed by atoms with van der Waals surface area (Å²) in [6.45, 7) is 8.53. The summed E-state index contributed by atoms with van der Waals surface area (Å²) in [7, 11) is 3.13. The number of carbonyl (C=O) groups excluding carboxylic acids is 1. The quantitative estimate of drug-likeness (QED) is 0.569. The summed E-state index contributed by atoms with van der Waals surface area (Å²) >= 11 is 0. The van der Waals surface area contributed by atoms with Crippen LogP contribution in [0.25, 0.3) is 0 Å². The van der Waals surface area contributed by atoms with Crippen LogP contribution in [-0.4, -0.2) is 112 Å². The zero-order valence-corrected chi connectivity index (χ0v) is 21.3. The van der Waals surface area contributed by atoms with Crippen LogP contribution in [0.3, 0.4) is 0 Å². The van der Waals surface area contributed by atoms with E-state index >= 15 is 0 Å². The minimum Gasteiger partial charge on any atom is -0.493 e. The standard InChI is InChI=1S/C26H36N6O4/c1-34-22-7-3-6-21(25(22)35-2)26(33)32-16-14-31(15-17-32)24-9-8-23(27-28-24)30-12-10-29(11-13-30)19-20-5-4-18-36-20/h3,6-9,20H,4-5,10-19H2,1-2H3. The van der Waals surface area contributed by atoms with E-state index in [0.29, 0.717) is 49.3 Å². The largest absolute Gasteiger partial charge is 0.493 e. The van der Waals surface area contributed by atoms with Gasteiger partial charge in [-0.3, -0.25) is 9.69 Å². The minimum absolute atomic E-state index is 0.0505. The summed E-state index contributed by atoms with van der Waals surface area (Å²) in [6.07, 6.45) is 2.78. The molecular formula is C26H36N6O4. The smallest absolute Gasteiger partial charge is 0.257 e. The SMILES string of the molecule is COc1cccc(C(=O)N2CCN(c3ccc(N4CCN(CC5CCCO5)CC4)nn3)CC2)c1OC. The highest BCUT2D eigenvalue weighted by molar-refractivity contribution is 5.98. The molecule has 1 amide bonds. The van der Waals surface area contributed by atoms with Crippen LogP contribution in [0.1, 0.15) is 23.2 Å². The average molecular weight is 497 g/mol. The molecule has 5 rings (SSSR count). The number of piperazine rings is 2. The Kier molecular flexibility index (Phi) is 7.72. The molecule has 0 bridgehead atoms. The summed E-state index contributed by atoms with van der Waals surface area (Å²) in [5, 5.41) is 9.05. The van der Waals surface area contributed by atoms with Gasteiger partial charge in [0.15, 0.2) is 23.1 Å². The van der Waals surface area contributed by atoms with Crippen molar-refractivity contribution in [3.8, 4) is 11.5 Å². The van der Waals surface area contributed by atoms with E-state index in [-0.39, 0.29) is 5.91 Å². The molecular weight excluding hydrogens is 460 g/mol. The zero-order valence-electron chi connectivity index (χ0n) is 21.3. The van der Waals surface area contributed by atoms with Gasteiger partial charge in [-0.2, -0.15) is 0 Å². The number of methoxy groups -OCH3 is 2. The molecule has 10 nitrogen and oxygen atoms in total. The third-order valence-electron chi connectivity index (χ3n) is 7.34. The number of hydrogen-bond donors (Lipinski definition) is 0. The minimum atomic E-state index is -0.0505. The van der Waals surface area contributed by atoms with Crippen molar-refractivity contribution in [1.29, 1.82) is 0 Å². The Morgan fingerprint density at radius 2 is 1.58 bits per heavy atom. The van der Waals surface area contributed by atoms with E-state index in [9.17, 15) is 4.79 Å². The molecule has 3 aliphatic heterocycles. The molecule has 194 valence electrons. The predicted molar refractivity (Wildman–Crippen MR) is 137 cm³/mol. The Morgan fingerprint density at radius 3 is 2.14 bits per heavy atom. The van der Waals surface area contributed by atoms with E-state index in [4.69, 9.17) is 14.2 Å². The molecule has 0 saturated carbocycles. The number of amides is 1. The van der Waals surface area contributed by atoms with E-state index in [2.05, 4.69) is 31.0 Å². The number of carbonyl (C=O) groups is 1. The second-order valence-corrected chi connectivity index (χ2v) is 9.49. The number of ether oxygens (including phenoxy) is 3. The van der Waals surface area contributed by atoms with Crippen molar-refractivity contribution in [2.45, 2.75) is 18.9 Å². The number of para-hydroxylation sites is 1. The molecule has 0 spiro atoms. The molecule has 3 fully saturated rings. The highest BCUT2D eigenvalue weighted by Gasteiger charge is 2.27. The van der Waals surface area contributed by atoms with E-state index in [1.165, 1.54) is 12.8 Å². The average Bonchev–Trinajstić information content (AvgIpc) is 3.46. The lowest BCUT2D eigenvalue weighted by molar-refractivity contribution is 0.0712. The summed E-state index contributed by atoms with van der Waals surface area (Å²) in [4.78, 5) is 22.0. The number of hydrogen-bond acceptors (Lipinski definition) is 9. The second-order valence-electron chi connectivity index (χ2n) is 9.49. The van der Waals surface area contributed by atoms with E-state index in [0.717, 1.165) is 51.0 Å². The maximum atomic E-state index is 13.2. The van der Waals surface area contributed by atoms with Crippen molar-refractivity contribution in [2.75, 3.05) is 89.5 Å². The molecule has 0 aliphatic carbocycles. The van der Waals surface area contributed by atoms with Crippen molar-refractivity contribution in [1.82, 2.24) is 20.0 Å². The number of aromatic nitrogens is 2. The first-order chi connectivity index (χ1) is 17.7. The first kappa shape index (κ1) is 24.6. The van der Waals surface area contributed by atoms with Crippen LogP contribution in [0.15, 0.2) is 30.3 Å². The van der Waals surface area contributed by atoms with Crippen LogP contribution in [0, 0.1) is 0 Å². The van der Waals surface area contributed by atoms with Crippen LogP contribution < -0.4 is 19.3 Å². The molecule has 4 heterocycles. The lowest BCUT2D eigenvalue weighted by atomic mass is 10.1. The monoisotopic (exact) mass is 496 g/mol. The fourth-order valence-corrected chi connectivity index (χ4v) is 5.26. The number of rotatable bonds is 7. The number of anilines is 2. The van der Waals surface area contributed by atoms with Crippen molar-refractivity contribution < 1.29 is 19.0 Å². The molecule has 0 N–H and O–H groups in total. The maximum absolute atomic E-state index is 13.2. The first-order valence-electron chi connectivity index (χ1n) is 12.8. The van der Waals surface area contributed by atoms with Gasteiger partial charge in [0.05, 0.1) is 25.9 Å². The Morgan fingerprint density at radius 1 is 0.917 bits per heavy atom. The molecule has 1 aromatic heterocycles. The Balaban J connectivity index is 1.13. The van der Waals surface area contributed by atoms with Gasteiger partial charge in [-0.15, -0.1) is 10.2 Å². The van der Waals surface area contributed by atoms with Crippen LogP contribution >= 0.6 is 0 Å². The van der Waals surface area contributed by atoms with E-state index in [1.54, 1.807) is 26.4 Å². The summed E-state index contributed by atoms with van der Waals surface area (Å²) < 4.78 is 16.6. The zero-order chi connectivity index (χ0) is 24.9. The Labute approximate surface area is 212 Å². The van der Waals surface area contributed by atoms with Gasteiger partial charge in [0, 0.05) is 65.5 Å². The molecule has 36 heavy (non-hydrogen) atoms. The van der Waals surface area contributed by atoms with Crippen LogP contribution in [0.4, 0.5) is 11.6 Å². The highest BCUT2D eigenvalue weighted by atomic mass is 16.5. The van der Waals surface area contributed by atoms with Gasteiger partial charge >= 0.3 is 0 Å². The van der Waals surface area contributed by atoms with Gasteiger partial charge < -0.3 is 28.9 Å². The maximum Gasteiger partial charge on any atom is 0.257 e. The normalized spacial score (nSPS) is 21.1. The predicted octanol–water partition coefficient (Wildman–Crippen LogP) is 1.76. The van der Waals surface area contributed by atoms with Gasteiger partial charge in [0.1, 0.15) is 0 Å². The lowest BCUT2D eigenvalue weighted by Crippen LogP contribution is -2.49. The molecule has 3 saturated heterocycles. The van der Waals surface area contributed by atoms with Crippen LogP contribution in [0.5, 0.6) is 11.5 Å². The summed E-state index contributed by atoms with van der Waals surface area (Å²) in [6, 6.07) is 9.50. The van der Waals surface area contributed by atoms with Crippen molar-refractivity contribution >= 4 is 17.5 Å². The fourth-order valence-electron chi connectivity index (χ4n) is 5.26. The van der Waals surface area contributed by atoms with E-state index in [1.807, 2.05) is 17.0 Å². The molecule has 1 aromatic carbocycles. The van der Waals surface area contributed by atoms with Gasteiger partial charge in [-0.1, -0.05) is 6.07 Å². The van der Waals surface area contributed by atoms with Gasteiger partial charge in [0.25, 0.3) is 5.91 Å². The van der Waals surface area contributed by atoms with Gasteiger partial charge in [-0.25, -0.2) is 0 Å². The van der Waals surface area contributed by atoms with Crippen LogP contribution in [-0.2, 0) is 4.74 Å². The van der Waals surface area contributed by atoms with Gasteiger partial charge in [-0.05, 0) is 37.1 Å². The van der Waals surface area contributed by atoms with Gasteiger partial charge in [0.2, 0.25) is 0 Å². The lowest BCUT2D eigenvalue weighted by Gasteiger charge is -2.37. The van der Waals surface area contributed by atoms with Crippen LogP contribution in [0.2, 0.25) is 0 Å². The Bertz CT molecular complexity index is 1010. The molecule has 2 aromatic rings. The molecule has 3 aliphatic rings. The number of benzene rings is 1. The molecule has 0 radical (unpaired) electrons. The van der Waals surface area contributed by atoms with Crippen molar-refractivity contribution in [2.24, 2.45) is 0 Å². The molecule has 1 unspecified atom stereocenters. The van der Waals surface area contributed by atoms with E-state index < -0.39 is 0 Å². The highest BCUT2D eigenvalue weighted by Crippen LogP contribution is 2.32. The molecule has 1 atom stereocenters. The topological polar surface area (TPSA) is 83.5 Å². The Hall–Kier alpha value is -3.11. The fraction of sp³-hybridized carbons (Fsp3) is 0.577. The van der Waals surface area contributed by atoms with Crippen molar-refractivity contribution in [3.05, 3.63) is 35.9 Å². The second kappa shape index (κ2) is 11.3. The van der Waals surface area contributed by atoms with Crippen molar-refractivity contribution in [3.63, 3.8) is 0 Å². The third-order valence-corrected chi connectivity index (χ3v) is 7.34. The first-order valence-corrected chi connectivity index (χ1v) is 12.8. The summed E-state index contributed by atoms with van der Waals surface area (Å²) in [5.74, 6) is 2.75.